The van der Waals surface area contributed by atoms with Gasteiger partial charge < -0.3 is 10.5 Å². The van der Waals surface area contributed by atoms with Gasteiger partial charge in [0, 0.05) is 13.1 Å². The fraction of sp³-hybridized carbons (Fsp3) is 0.429. The van der Waals surface area contributed by atoms with E-state index in [0.717, 1.165) is 11.3 Å². The van der Waals surface area contributed by atoms with E-state index in [0.29, 0.717) is 6.54 Å². The minimum atomic E-state index is -0.282. The van der Waals surface area contributed by atoms with Gasteiger partial charge in [-0.25, -0.2) is 9.48 Å². The Morgan fingerprint density at radius 3 is 2.45 bits per heavy atom. The van der Waals surface area contributed by atoms with Gasteiger partial charge in [0.05, 0.1) is 12.6 Å². The van der Waals surface area contributed by atoms with E-state index in [4.69, 9.17) is 10.5 Å². The second-order valence-corrected chi connectivity index (χ2v) is 5.05. The van der Waals surface area contributed by atoms with Crippen LogP contribution in [0.1, 0.15) is 25.5 Å². The van der Waals surface area contributed by atoms with Gasteiger partial charge in [-0.2, -0.15) is 5.10 Å². The molecular weight excluding hydrogens is 256 g/mol. The highest BCUT2D eigenvalue weighted by Gasteiger charge is 2.10. The van der Waals surface area contributed by atoms with Gasteiger partial charge in [-0.3, -0.25) is 4.57 Å². The van der Waals surface area contributed by atoms with Crippen LogP contribution in [-0.2, 0) is 13.6 Å². The lowest BCUT2D eigenvalue weighted by Crippen LogP contribution is -2.28. The topological polar surface area (TPSA) is 75.1 Å². The van der Waals surface area contributed by atoms with E-state index in [-0.39, 0.29) is 17.8 Å². The molecule has 0 radical (unpaired) electrons. The molecule has 0 saturated heterocycles. The molecule has 0 aliphatic rings. The molecule has 0 aliphatic carbocycles. The first kappa shape index (κ1) is 14.3. The molecule has 1 unspecified atom stereocenters. The highest BCUT2D eigenvalue weighted by Crippen LogP contribution is 2.18. The minimum absolute atomic E-state index is 0.140. The SMILES string of the molecule is CC(C)Oc1ccc(C(N)Cn2ncn(C)c2=O)cc1. The van der Waals surface area contributed by atoms with Crippen LogP contribution in [0.15, 0.2) is 35.4 Å². The van der Waals surface area contributed by atoms with Crippen LogP contribution < -0.4 is 16.2 Å². The van der Waals surface area contributed by atoms with E-state index >= 15 is 0 Å². The van der Waals surface area contributed by atoms with Gasteiger partial charge in [-0.1, -0.05) is 12.1 Å². The van der Waals surface area contributed by atoms with Crippen molar-refractivity contribution in [3.8, 4) is 5.75 Å². The first-order chi connectivity index (χ1) is 9.47. The Hall–Kier alpha value is -2.08. The van der Waals surface area contributed by atoms with E-state index in [1.165, 1.54) is 15.6 Å². The number of hydrogen-bond acceptors (Lipinski definition) is 4. The molecule has 0 spiro atoms. The van der Waals surface area contributed by atoms with E-state index in [2.05, 4.69) is 5.10 Å². The number of ether oxygens (including phenoxy) is 1. The lowest BCUT2D eigenvalue weighted by Gasteiger charge is -2.13. The normalized spacial score (nSPS) is 12.7. The summed E-state index contributed by atoms with van der Waals surface area (Å²) in [4.78, 5) is 11.7. The quantitative estimate of drug-likeness (QED) is 0.886. The molecule has 1 atom stereocenters. The van der Waals surface area contributed by atoms with Crippen LogP contribution in [0.2, 0.25) is 0 Å². The summed E-state index contributed by atoms with van der Waals surface area (Å²) >= 11 is 0. The number of nitrogens with zero attached hydrogens (tertiary/aromatic N) is 3. The predicted molar refractivity (Wildman–Crippen MR) is 76.6 cm³/mol. The van der Waals surface area contributed by atoms with Crippen molar-refractivity contribution in [3.05, 3.63) is 46.6 Å². The molecule has 0 fully saturated rings. The molecule has 1 heterocycles. The third kappa shape index (κ3) is 3.27. The van der Waals surface area contributed by atoms with Gasteiger partial charge >= 0.3 is 5.69 Å². The minimum Gasteiger partial charge on any atom is -0.491 e. The Morgan fingerprint density at radius 1 is 1.30 bits per heavy atom. The summed E-state index contributed by atoms with van der Waals surface area (Å²) < 4.78 is 8.37. The maximum atomic E-state index is 11.7. The molecular formula is C14H20N4O2. The van der Waals surface area contributed by atoms with Gasteiger partial charge in [-0.15, -0.1) is 0 Å². The van der Waals surface area contributed by atoms with Crippen LogP contribution in [0, 0.1) is 0 Å². The molecule has 0 amide bonds. The molecule has 108 valence electrons. The first-order valence-electron chi connectivity index (χ1n) is 6.58. The van der Waals surface area contributed by atoms with Crippen molar-refractivity contribution in [1.29, 1.82) is 0 Å². The molecule has 0 bridgehead atoms. The van der Waals surface area contributed by atoms with Crippen molar-refractivity contribution in [1.82, 2.24) is 14.3 Å². The lowest BCUT2D eigenvalue weighted by atomic mass is 10.1. The highest BCUT2D eigenvalue weighted by molar-refractivity contribution is 5.29. The zero-order chi connectivity index (χ0) is 14.7. The van der Waals surface area contributed by atoms with E-state index in [9.17, 15) is 4.79 Å². The molecule has 0 saturated carbocycles. The Kier molecular flexibility index (Phi) is 4.24. The van der Waals surface area contributed by atoms with Crippen molar-refractivity contribution in [3.63, 3.8) is 0 Å². The van der Waals surface area contributed by atoms with Gasteiger partial charge in [0.15, 0.2) is 0 Å². The van der Waals surface area contributed by atoms with E-state index in [1.54, 1.807) is 7.05 Å². The fourth-order valence-electron chi connectivity index (χ4n) is 1.90. The molecule has 1 aromatic heterocycles. The summed E-state index contributed by atoms with van der Waals surface area (Å²) in [6.07, 6.45) is 1.62. The van der Waals surface area contributed by atoms with E-state index in [1.807, 2.05) is 38.1 Å². The van der Waals surface area contributed by atoms with Crippen molar-refractivity contribution in [2.75, 3.05) is 0 Å². The molecule has 6 heteroatoms. The summed E-state index contributed by atoms with van der Waals surface area (Å²) in [5, 5.41) is 4.00. The Bertz CT molecular complexity index is 613. The number of nitrogens with two attached hydrogens (primary N) is 1. The lowest BCUT2D eigenvalue weighted by molar-refractivity contribution is 0.242. The maximum absolute atomic E-state index is 11.7. The summed E-state index contributed by atoms with van der Waals surface area (Å²) in [7, 11) is 1.66. The zero-order valence-corrected chi connectivity index (χ0v) is 12.0. The fourth-order valence-corrected chi connectivity index (χ4v) is 1.90. The van der Waals surface area contributed by atoms with Crippen LogP contribution in [0.3, 0.4) is 0 Å². The average molecular weight is 276 g/mol. The zero-order valence-electron chi connectivity index (χ0n) is 12.0. The number of rotatable bonds is 5. The number of aryl methyl sites for hydroxylation is 1. The number of aromatic nitrogens is 3. The first-order valence-corrected chi connectivity index (χ1v) is 6.58. The maximum Gasteiger partial charge on any atom is 0.345 e. The standard InChI is InChI=1S/C14H20N4O2/c1-10(2)20-12-6-4-11(5-7-12)13(15)8-18-14(19)17(3)9-16-18/h4-7,9-10,13H,8,15H2,1-3H3. The summed E-state index contributed by atoms with van der Waals surface area (Å²) in [5.74, 6) is 0.811. The molecule has 20 heavy (non-hydrogen) atoms. The Balaban J connectivity index is 2.07. The summed E-state index contributed by atoms with van der Waals surface area (Å²) in [6, 6.07) is 7.31. The smallest absolute Gasteiger partial charge is 0.345 e. The molecule has 2 aromatic rings. The summed E-state index contributed by atoms with van der Waals surface area (Å²) in [6.45, 7) is 4.31. The molecule has 2 N–H and O–H groups in total. The number of benzene rings is 1. The second kappa shape index (κ2) is 5.92. The van der Waals surface area contributed by atoms with Crippen molar-refractivity contribution >= 4 is 0 Å². The van der Waals surface area contributed by atoms with Crippen molar-refractivity contribution in [2.45, 2.75) is 32.5 Å². The summed E-state index contributed by atoms with van der Waals surface area (Å²) in [5.41, 5.74) is 6.88. The van der Waals surface area contributed by atoms with Crippen LogP contribution in [0.5, 0.6) is 5.75 Å². The Labute approximate surface area is 117 Å². The van der Waals surface area contributed by atoms with Crippen molar-refractivity contribution in [2.24, 2.45) is 12.8 Å². The largest absolute Gasteiger partial charge is 0.491 e. The van der Waals surface area contributed by atoms with Gasteiger partial charge in [0.1, 0.15) is 12.1 Å². The Morgan fingerprint density at radius 2 is 1.95 bits per heavy atom. The third-order valence-electron chi connectivity index (χ3n) is 2.94. The van der Waals surface area contributed by atoms with Crippen LogP contribution in [0.25, 0.3) is 0 Å². The molecule has 0 aliphatic heterocycles. The molecule has 2 rings (SSSR count). The van der Waals surface area contributed by atoms with Gasteiger partial charge in [0.2, 0.25) is 0 Å². The second-order valence-electron chi connectivity index (χ2n) is 5.05. The molecule has 6 nitrogen and oxygen atoms in total. The molecule has 1 aromatic carbocycles. The highest BCUT2D eigenvalue weighted by atomic mass is 16.5. The number of hydrogen-bond donors (Lipinski definition) is 1. The third-order valence-corrected chi connectivity index (χ3v) is 2.94. The van der Waals surface area contributed by atoms with Crippen molar-refractivity contribution < 1.29 is 4.74 Å². The predicted octanol–water partition coefficient (Wildman–Crippen LogP) is 1.07. The monoisotopic (exact) mass is 276 g/mol. The van der Waals surface area contributed by atoms with Gasteiger partial charge in [-0.05, 0) is 31.5 Å². The average Bonchev–Trinajstić information content (AvgIpc) is 2.71. The van der Waals surface area contributed by atoms with Crippen LogP contribution in [0.4, 0.5) is 0 Å². The van der Waals surface area contributed by atoms with Crippen LogP contribution in [-0.4, -0.2) is 20.5 Å². The van der Waals surface area contributed by atoms with Crippen LogP contribution >= 0.6 is 0 Å². The van der Waals surface area contributed by atoms with E-state index < -0.39 is 0 Å². The van der Waals surface area contributed by atoms with Gasteiger partial charge in [0.25, 0.3) is 0 Å².